The molecule has 0 atom stereocenters. The average Bonchev–Trinajstić information content (AvgIpc) is 2.50. The highest BCUT2D eigenvalue weighted by Gasteiger charge is 2.24. The predicted molar refractivity (Wildman–Crippen MR) is 58.7 cm³/mol. The molecule has 0 bridgehead atoms. The van der Waals surface area contributed by atoms with Gasteiger partial charge in [-0.2, -0.15) is 0 Å². The summed E-state index contributed by atoms with van der Waals surface area (Å²) in [7, 11) is 0. The van der Waals surface area contributed by atoms with Crippen LogP contribution < -0.4 is 5.73 Å². The van der Waals surface area contributed by atoms with Gasteiger partial charge in [0, 0.05) is 17.2 Å². The van der Waals surface area contributed by atoms with E-state index in [4.69, 9.17) is 5.73 Å². The minimum atomic E-state index is -0.353. The maximum absolute atomic E-state index is 11.8. The van der Waals surface area contributed by atoms with Gasteiger partial charge in [0.15, 0.2) is 5.78 Å². The lowest BCUT2D eigenvalue weighted by molar-refractivity contribution is 0.0853. The number of hydrogen-bond acceptors (Lipinski definition) is 4. The van der Waals surface area contributed by atoms with Gasteiger partial charge in [-0.25, -0.2) is 4.98 Å². The van der Waals surface area contributed by atoms with E-state index in [2.05, 4.69) is 4.98 Å². The van der Waals surface area contributed by atoms with Gasteiger partial charge in [0.2, 0.25) is 0 Å². The van der Waals surface area contributed by atoms with E-state index in [0.29, 0.717) is 12.2 Å². The minimum absolute atomic E-state index is 0.0945. The summed E-state index contributed by atoms with van der Waals surface area (Å²) < 4.78 is 0. The Morgan fingerprint density at radius 1 is 1.57 bits per heavy atom. The molecule has 1 aromatic heterocycles. The Labute approximate surface area is 88.3 Å². The summed E-state index contributed by atoms with van der Waals surface area (Å²) in [5.41, 5.74) is 5.64. The second-order valence-electron chi connectivity index (χ2n) is 4.24. The van der Waals surface area contributed by atoms with Crippen molar-refractivity contribution in [3.63, 3.8) is 0 Å². The van der Waals surface area contributed by atoms with Crippen molar-refractivity contribution in [1.29, 1.82) is 0 Å². The molecule has 0 unspecified atom stereocenters. The molecule has 0 saturated heterocycles. The zero-order chi connectivity index (χ0) is 10.8. The summed E-state index contributed by atoms with van der Waals surface area (Å²) in [5, 5.41) is 2.76. The minimum Gasteiger partial charge on any atom is -0.330 e. The van der Waals surface area contributed by atoms with Crippen LogP contribution in [0.1, 0.15) is 36.3 Å². The summed E-state index contributed by atoms with van der Waals surface area (Å²) in [6.45, 7) is 6.28. The lowest BCUT2D eigenvalue weighted by Crippen LogP contribution is -2.20. The van der Waals surface area contributed by atoms with Crippen molar-refractivity contribution in [1.82, 2.24) is 4.98 Å². The summed E-state index contributed by atoms with van der Waals surface area (Å²) in [5.74, 6) is 0.0945. The van der Waals surface area contributed by atoms with E-state index >= 15 is 0 Å². The second-order valence-corrected chi connectivity index (χ2v) is 5.19. The molecular formula is C10H16N2OS. The van der Waals surface area contributed by atoms with Gasteiger partial charge >= 0.3 is 0 Å². The Morgan fingerprint density at radius 2 is 2.21 bits per heavy atom. The average molecular weight is 212 g/mol. The molecule has 14 heavy (non-hydrogen) atoms. The van der Waals surface area contributed by atoms with E-state index in [9.17, 15) is 4.79 Å². The van der Waals surface area contributed by atoms with E-state index in [0.717, 1.165) is 11.4 Å². The van der Waals surface area contributed by atoms with Crippen molar-refractivity contribution < 1.29 is 4.79 Å². The van der Waals surface area contributed by atoms with Crippen LogP contribution in [0.4, 0.5) is 0 Å². The monoisotopic (exact) mass is 212 g/mol. The number of carbonyl (C=O) groups excluding carboxylic acids is 1. The fourth-order valence-corrected chi connectivity index (χ4v) is 1.83. The maximum atomic E-state index is 11.8. The molecule has 0 spiro atoms. The summed E-state index contributed by atoms with van der Waals surface area (Å²) in [6, 6.07) is 0. The van der Waals surface area contributed by atoms with Gasteiger partial charge in [-0.15, -0.1) is 11.3 Å². The van der Waals surface area contributed by atoms with Crippen LogP contribution in [0.25, 0.3) is 0 Å². The van der Waals surface area contributed by atoms with E-state index in [-0.39, 0.29) is 11.2 Å². The zero-order valence-corrected chi connectivity index (χ0v) is 9.65. The van der Waals surface area contributed by atoms with Crippen molar-refractivity contribution in [2.24, 2.45) is 11.1 Å². The predicted octanol–water partition coefficient (Wildman–Crippen LogP) is 1.87. The molecule has 0 aliphatic carbocycles. The molecule has 2 N–H and O–H groups in total. The third-order valence-electron chi connectivity index (χ3n) is 1.82. The fourth-order valence-electron chi connectivity index (χ4n) is 1.04. The first-order valence-corrected chi connectivity index (χ1v) is 5.52. The molecule has 1 rings (SSSR count). The van der Waals surface area contributed by atoms with Crippen molar-refractivity contribution in [2.75, 3.05) is 6.54 Å². The third-order valence-corrected chi connectivity index (χ3v) is 2.73. The number of nitrogens with two attached hydrogens (primary N) is 1. The smallest absolute Gasteiger partial charge is 0.187 e. The van der Waals surface area contributed by atoms with Crippen molar-refractivity contribution in [3.05, 3.63) is 16.1 Å². The topological polar surface area (TPSA) is 56.0 Å². The molecule has 0 saturated carbocycles. The number of hydrogen-bond donors (Lipinski definition) is 1. The number of rotatable bonds is 3. The van der Waals surface area contributed by atoms with E-state index in [1.54, 1.807) is 0 Å². The molecule has 0 radical (unpaired) electrons. The Kier molecular flexibility index (Phi) is 3.39. The van der Waals surface area contributed by atoms with E-state index in [1.807, 2.05) is 26.2 Å². The molecule has 1 aromatic rings. The largest absolute Gasteiger partial charge is 0.330 e. The maximum Gasteiger partial charge on any atom is 0.187 e. The van der Waals surface area contributed by atoms with Gasteiger partial charge in [-0.3, -0.25) is 4.79 Å². The lowest BCUT2D eigenvalue weighted by Gasteiger charge is -2.14. The lowest BCUT2D eigenvalue weighted by atomic mass is 9.89. The number of aromatic nitrogens is 1. The number of carbonyl (C=O) groups is 1. The SMILES string of the molecule is CC(C)(C)C(=O)c1csc(CCN)n1. The van der Waals surface area contributed by atoms with Crippen LogP contribution in [0.15, 0.2) is 5.38 Å². The first-order valence-electron chi connectivity index (χ1n) is 4.64. The van der Waals surface area contributed by atoms with Crippen LogP contribution in [-0.2, 0) is 6.42 Å². The van der Waals surface area contributed by atoms with E-state index in [1.165, 1.54) is 11.3 Å². The normalized spacial score (nSPS) is 11.7. The molecule has 3 nitrogen and oxygen atoms in total. The molecule has 78 valence electrons. The molecule has 0 fully saturated rings. The summed E-state index contributed by atoms with van der Waals surface area (Å²) in [6.07, 6.45) is 0.752. The Morgan fingerprint density at radius 3 is 2.71 bits per heavy atom. The number of ketones is 1. The van der Waals surface area contributed by atoms with Crippen LogP contribution in [0.5, 0.6) is 0 Å². The first kappa shape index (κ1) is 11.3. The Bertz CT molecular complexity index is 325. The van der Waals surface area contributed by atoms with Crippen LogP contribution in [0.2, 0.25) is 0 Å². The summed E-state index contributed by atoms with van der Waals surface area (Å²) in [4.78, 5) is 16.1. The Balaban J connectivity index is 2.82. The molecule has 4 heteroatoms. The number of Topliss-reactive ketones (excluding diaryl/α,β-unsaturated/α-hetero) is 1. The summed E-state index contributed by atoms with van der Waals surface area (Å²) >= 11 is 1.51. The van der Waals surface area contributed by atoms with Gasteiger partial charge in [-0.05, 0) is 6.54 Å². The highest BCUT2D eigenvalue weighted by Crippen LogP contribution is 2.22. The fraction of sp³-hybridized carbons (Fsp3) is 0.600. The van der Waals surface area contributed by atoms with Gasteiger partial charge < -0.3 is 5.73 Å². The quantitative estimate of drug-likeness (QED) is 0.778. The van der Waals surface area contributed by atoms with Crippen molar-refractivity contribution in [3.8, 4) is 0 Å². The van der Waals surface area contributed by atoms with Crippen molar-refractivity contribution >= 4 is 17.1 Å². The highest BCUT2D eigenvalue weighted by molar-refractivity contribution is 7.09. The van der Waals surface area contributed by atoms with Gasteiger partial charge in [0.05, 0.1) is 5.01 Å². The molecule has 0 aromatic carbocycles. The van der Waals surface area contributed by atoms with Gasteiger partial charge in [-0.1, -0.05) is 20.8 Å². The second kappa shape index (κ2) is 4.19. The highest BCUT2D eigenvalue weighted by atomic mass is 32.1. The van der Waals surface area contributed by atoms with Crippen LogP contribution in [-0.4, -0.2) is 17.3 Å². The molecule has 0 aliphatic heterocycles. The van der Waals surface area contributed by atoms with Gasteiger partial charge in [0.1, 0.15) is 5.69 Å². The first-order chi connectivity index (χ1) is 6.45. The van der Waals surface area contributed by atoms with Crippen LogP contribution in [0, 0.1) is 5.41 Å². The van der Waals surface area contributed by atoms with Crippen LogP contribution in [0.3, 0.4) is 0 Å². The van der Waals surface area contributed by atoms with Gasteiger partial charge in [0.25, 0.3) is 0 Å². The third kappa shape index (κ3) is 2.62. The Hall–Kier alpha value is -0.740. The molecule has 0 aliphatic rings. The zero-order valence-electron chi connectivity index (χ0n) is 8.83. The number of nitrogens with zero attached hydrogens (tertiary/aromatic N) is 1. The number of thiazole rings is 1. The van der Waals surface area contributed by atoms with E-state index < -0.39 is 0 Å². The molecule has 0 amide bonds. The van der Waals surface area contributed by atoms with Crippen LogP contribution >= 0.6 is 11.3 Å². The standard InChI is InChI=1S/C10H16N2OS/c1-10(2,3)9(13)7-6-14-8(12-7)4-5-11/h6H,4-5,11H2,1-3H3. The van der Waals surface area contributed by atoms with Crippen molar-refractivity contribution in [2.45, 2.75) is 27.2 Å². The molecule has 1 heterocycles. The molecular weight excluding hydrogens is 196 g/mol.